The topological polar surface area (TPSA) is 59.4 Å². The molecule has 1 aliphatic heterocycles. The maximum absolute atomic E-state index is 12.3. The van der Waals surface area contributed by atoms with E-state index in [0.29, 0.717) is 11.6 Å². The van der Waals surface area contributed by atoms with Crippen LogP contribution < -0.4 is 5.32 Å². The van der Waals surface area contributed by atoms with E-state index in [0.717, 1.165) is 56.7 Å². The first-order valence-corrected chi connectivity index (χ1v) is 10.5. The molecule has 1 saturated carbocycles. The smallest absolute Gasteiger partial charge is 0.237 e. The van der Waals surface area contributed by atoms with E-state index in [4.69, 9.17) is 0 Å². The number of piperazine rings is 1. The molecule has 1 N–H and O–H groups in total. The summed E-state index contributed by atoms with van der Waals surface area (Å²) >= 11 is 0. The fourth-order valence-electron chi connectivity index (χ4n) is 3.90. The van der Waals surface area contributed by atoms with Crippen LogP contribution >= 0.6 is 0 Å². The second-order valence-electron chi connectivity index (χ2n) is 8.13. The summed E-state index contributed by atoms with van der Waals surface area (Å²) in [7, 11) is 0. The van der Waals surface area contributed by atoms with Crippen LogP contribution in [0.25, 0.3) is 11.1 Å². The van der Waals surface area contributed by atoms with Crippen LogP contribution in [0.2, 0.25) is 0 Å². The maximum atomic E-state index is 12.3. The van der Waals surface area contributed by atoms with Crippen molar-refractivity contribution in [1.82, 2.24) is 15.1 Å². The summed E-state index contributed by atoms with van der Waals surface area (Å²) in [6.45, 7) is 6.72. The molecule has 0 aromatic heterocycles. The number of hydrogen-bond donors (Lipinski definition) is 1. The molecule has 1 atom stereocenters. The Balaban J connectivity index is 1.30. The van der Waals surface area contributed by atoms with Crippen LogP contribution in [-0.4, -0.2) is 54.0 Å². The van der Waals surface area contributed by atoms with Crippen molar-refractivity contribution in [2.24, 2.45) is 0 Å². The lowest BCUT2D eigenvalue weighted by molar-refractivity contribution is -0.126. The fourth-order valence-corrected chi connectivity index (χ4v) is 3.90. The van der Waals surface area contributed by atoms with E-state index in [2.05, 4.69) is 45.5 Å². The Kier molecular flexibility index (Phi) is 5.94. The van der Waals surface area contributed by atoms with Crippen molar-refractivity contribution >= 4 is 5.91 Å². The van der Waals surface area contributed by atoms with Crippen molar-refractivity contribution in [3.63, 3.8) is 0 Å². The molecule has 5 nitrogen and oxygen atoms in total. The van der Waals surface area contributed by atoms with Gasteiger partial charge >= 0.3 is 0 Å². The zero-order chi connectivity index (χ0) is 20.2. The van der Waals surface area contributed by atoms with Crippen LogP contribution in [0.5, 0.6) is 0 Å². The van der Waals surface area contributed by atoms with Crippen LogP contribution in [0.1, 0.15) is 30.9 Å². The van der Waals surface area contributed by atoms with E-state index in [1.54, 1.807) is 0 Å². The minimum atomic E-state index is -0.0442. The molecule has 150 valence electrons. The molecular formula is C24H28N4O. The van der Waals surface area contributed by atoms with E-state index >= 15 is 0 Å². The van der Waals surface area contributed by atoms with Crippen LogP contribution in [-0.2, 0) is 11.3 Å². The number of carbonyl (C=O) groups excluding carboxylic acids is 1. The molecule has 29 heavy (non-hydrogen) atoms. The molecule has 2 fully saturated rings. The van der Waals surface area contributed by atoms with Gasteiger partial charge in [-0.25, -0.2) is 0 Å². The molecule has 1 saturated heterocycles. The Morgan fingerprint density at radius 1 is 1.10 bits per heavy atom. The van der Waals surface area contributed by atoms with Gasteiger partial charge in [0.1, 0.15) is 0 Å². The summed E-state index contributed by atoms with van der Waals surface area (Å²) in [5, 5.41) is 12.4. The Morgan fingerprint density at radius 3 is 2.45 bits per heavy atom. The summed E-state index contributed by atoms with van der Waals surface area (Å²) in [6, 6.07) is 18.9. The van der Waals surface area contributed by atoms with Gasteiger partial charge in [0, 0.05) is 38.8 Å². The number of hydrogen-bond acceptors (Lipinski definition) is 4. The molecule has 0 spiro atoms. The molecule has 2 aromatic rings. The highest BCUT2D eigenvalue weighted by atomic mass is 16.2. The van der Waals surface area contributed by atoms with E-state index < -0.39 is 0 Å². The largest absolute Gasteiger partial charge is 0.352 e. The third kappa shape index (κ3) is 4.84. The number of nitrogens with zero attached hydrogens (tertiary/aromatic N) is 3. The summed E-state index contributed by atoms with van der Waals surface area (Å²) in [5.41, 5.74) is 4.03. The number of rotatable bonds is 6. The second-order valence-corrected chi connectivity index (χ2v) is 8.13. The van der Waals surface area contributed by atoms with Crippen molar-refractivity contribution < 1.29 is 4.79 Å². The van der Waals surface area contributed by atoms with Gasteiger partial charge < -0.3 is 5.32 Å². The van der Waals surface area contributed by atoms with Gasteiger partial charge in [-0.05, 0) is 42.5 Å². The number of amides is 1. The normalized spacial score (nSPS) is 18.8. The van der Waals surface area contributed by atoms with E-state index in [9.17, 15) is 10.1 Å². The third-order valence-corrected chi connectivity index (χ3v) is 5.98. The van der Waals surface area contributed by atoms with Crippen molar-refractivity contribution in [3.05, 3.63) is 59.7 Å². The highest BCUT2D eigenvalue weighted by molar-refractivity contribution is 5.81. The quantitative estimate of drug-likeness (QED) is 0.826. The Hall–Kier alpha value is -2.68. The van der Waals surface area contributed by atoms with Gasteiger partial charge in [0.15, 0.2) is 0 Å². The minimum Gasteiger partial charge on any atom is -0.352 e. The summed E-state index contributed by atoms with van der Waals surface area (Å²) in [5.74, 6) is 0.175. The van der Waals surface area contributed by atoms with Gasteiger partial charge in [-0.1, -0.05) is 42.5 Å². The van der Waals surface area contributed by atoms with Crippen LogP contribution in [0, 0.1) is 11.3 Å². The fraction of sp³-hybridized carbons (Fsp3) is 0.417. The summed E-state index contributed by atoms with van der Waals surface area (Å²) in [6.07, 6.45) is 2.26. The number of nitriles is 1. The summed E-state index contributed by atoms with van der Waals surface area (Å²) in [4.78, 5) is 17.0. The zero-order valence-corrected chi connectivity index (χ0v) is 17.0. The molecule has 1 amide bonds. The minimum absolute atomic E-state index is 0.0442. The third-order valence-electron chi connectivity index (χ3n) is 5.98. The standard InChI is InChI=1S/C24H28N4O/c1-18(24(29)26-22-10-11-22)28-14-12-27(13-15-28)17-19-6-8-20(9-7-19)23-5-3-2-4-21(23)16-25/h2-9,18,22H,10-15,17H2,1H3,(H,26,29). The van der Waals surface area contributed by atoms with Gasteiger partial charge in [-0.3, -0.25) is 14.6 Å². The predicted molar refractivity (Wildman–Crippen MR) is 114 cm³/mol. The van der Waals surface area contributed by atoms with Gasteiger partial charge in [0.2, 0.25) is 5.91 Å². The molecule has 1 unspecified atom stereocenters. The first-order valence-electron chi connectivity index (χ1n) is 10.5. The SMILES string of the molecule is CC(C(=O)NC1CC1)N1CCN(Cc2ccc(-c3ccccc3C#N)cc2)CC1. The molecule has 5 heteroatoms. The molecular weight excluding hydrogens is 360 g/mol. The Morgan fingerprint density at radius 2 is 1.79 bits per heavy atom. The first kappa shape index (κ1) is 19.6. The first-order chi connectivity index (χ1) is 14.1. The average Bonchev–Trinajstić information content (AvgIpc) is 3.58. The van der Waals surface area contributed by atoms with E-state index in [1.165, 1.54) is 5.56 Å². The van der Waals surface area contributed by atoms with E-state index in [-0.39, 0.29) is 11.9 Å². The van der Waals surface area contributed by atoms with Gasteiger partial charge in [0.05, 0.1) is 17.7 Å². The van der Waals surface area contributed by atoms with Crippen LogP contribution in [0.4, 0.5) is 0 Å². The highest BCUT2D eigenvalue weighted by Gasteiger charge is 2.29. The molecule has 0 bridgehead atoms. The Bertz CT molecular complexity index is 890. The summed E-state index contributed by atoms with van der Waals surface area (Å²) < 4.78 is 0. The van der Waals surface area contributed by atoms with E-state index in [1.807, 2.05) is 31.2 Å². The lowest BCUT2D eigenvalue weighted by atomic mass is 9.99. The van der Waals surface area contributed by atoms with Gasteiger partial charge in [-0.2, -0.15) is 5.26 Å². The number of benzene rings is 2. The molecule has 2 aliphatic rings. The van der Waals surface area contributed by atoms with Crippen molar-refractivity contribution in [1.29, 1.82) is 5.26 Å². The van der Waals surface area contributed by atoms with Crippen molar-refractivity contribution in [3.8, 4) is 17.2 Å². The van der Waals surface area contributed by atoms with Crippen LogP contribution in [0.3, 0.4) is 0 Å². The van der Waals surface area contributed by atoms with Crippen molar-refractivity contribution in [2.75, 3.05) is 26.2 Å². The monoisotopic (exact) mass is 388 g/mol. The lowest BCUT2D eigenvalue weighted by Gasteiger charge is -2.37. The van der Waals surface area contributed by atoms with Gasteiger partial charge in [0.25, 0.3) is 0 Å². The van der Waals surface area contributed by atoms with Crippen LogP contribution in [0.15, 0.2) is 48.5 Å². The Labute approximate surface area is 172 Å². The van der Waals surface area contributed by atoms with Gasteiger partial charge in [-0.15, -0.1) is 0 Å². The number of carbonyl (C=O) groups is 1. The second kappa shape index (κ2) is 8.77. The molecule has 2 aromatic carbocycles. The molecule has 0 radical (unpaired) electrons. The molecule has 1 heterocycles. The average molecular weight is 389 g/mol. The zero-order valence-electron chi connectivity index (χ0n) is 17.0. The number of nitrogens with one attached hydrogen (secondary N) is 1. The molecule has 4 rings (SSSR count). The molecule has 1 aliphatic carbocycles. The lowest BCUT2D eigenvalue weighted by Crippen LogP contribution is -2.53. The van der Waals surface area contributed by atoms with Crippen molar-refractivity contribution in [2.45, 2.75) is 38.4 Å². The maximum Gasteiger partial charge on any atom is 0.237 e. The highest BCUT2D eigenvalue weighted by Crippen LogP contribution is 2.24. The predicted octanol–water partition coefficient (Wildman–Crippen LogP) is 3.01.